The number of benzene rings is 9. The SMILES string of the molecule is c1ccc(-c2nc(-c3ccc4ccccc4c3)nc(-c3cc4ccccc4cc3-n3c4cccc5c4c4c6c(cccc6ccc43)-c3ccccc3-5)n2)cc1. The Labute approximate surface area is 316 Å². The zero-order valence-electron chi connectivity index (χ0n) is 29.6. The van der Waals surface area contributed by atoms with Crippen LogP contribution in [0.15, 0.2) is 182 Å². The molecule has 2 aromatic heterocycles. The Bertz CT molecular complexity index is 3380. The van der Waals surface area contributed by atoms with E-state index in [1.807, 2.05) is 18.2 Å². The van der Waals surface area contributed by atoms with E-state index in [0.29, 0.717) is 17.5 Å². The van der Waals surface area contributed by atoms with Gasteiger partial charge in [-0.1, -0.05) is 152 Å². The number of hydrogen-bond acceptors (Lipinski definition) is 3. The molecular weight excluding hydrogens is 669 g/mol. The molecule has 9 aromatic carbocycles. The smallest absolute Gasteiger partial charge is 0.166 e. The fourth-order valence-corrected chi connectivity index (χ4v) is 8.85. The van der Waals surface area contributed by atoms with Crippen LogP contribution in [0, 0.1) is 0 Å². The Morgan fingerprint density at radius 2 is 0.836 bits per heavy atom. The Balaban J connectivity index is 1.20. The van der Waals surface area contributed by atoms with Crippen molar-refractivity contribution in [2.75, 3.05) is 0 Å². The Morgan fingerprint density at radius 1 is 0.291 bits per heavy atom. The highest BCUT2D eigenvalue weighted by molar-refractivity contribution is 6.30. The number of fused-ring (bicyclic) bond motifs is 5. The molecule has 1 aliphatic rings. The van der Waals surface area contributed by atoms with Gasteiger partial charge < -0.3 is 4.57 Å². The zero-order valence-corrected chi connectivity index (χ0v) is 29.6. The van der Waals surface area contributed by atoms with E-state index in [0.717, 1.165) is 49.6 Å². The number of rotatable bonds is 4. The van der Waals surface area contributed by atoms with Crippen LogP contribution in [0.3, 0.4) is 0 Å². The monoisotopic (exact) mass is 698 g/mol. The maximum atomic E-state index is 5.33. The molecular formula is C51H30N4. The largest absolute Gasteiger partial charge is 0.308 e. The van der Waals surface area contributed by atoms with Crippen LogP contribution in [0.5, 0.6) is 0 Å². The molecule has 12 rings (SSSR count). The summed E-state index contributed by atoms with van der Waals surface area (Å²) in [6.07, 6.45) is 0. The van der Waals surface area contributed by atoms with Crippen LogP contribution in [0.4, 0.5) is 0 Å². The van der Waals surface area contributed by atoms with Gasteiger partial charge in [-0.05, 0) is 84.9 Å². The minimum absolute atomic E-state index is 0.628. The summed E-state index contributed by atoms with van der Waals surface area (Å²) in [5, 5.41) is 9.65. The summed E-state index contributed by atoms with van der Waals surface area (Å²) in [7, 11) is 0. The lowest BCUT2D eigenvalue weighted by Crippen LogP contribution is -2.04. The van der Waals surface area contributed by atoms with Crippen molar-refractivity contribution in [2.24, 2.45) is 0 Å². The second-order valence-electron chi connectivity index (χ2n) is 14.4. The van der Waals surface area contributed by atoms with Crippen molar-refractivity contribution in [3.05, 3.63) is 182 Å². The quantitative estimate of drug-likeness (QED) is 0.184. The molecule has 0 spiro atoms. The number of nitrogens with zero attached hydrogens (tertiary/aromatic N) is 4. The third kappa shape index (κ3) is 4.49. The van der Waals surface area contributed by atoms with Gasteiger partial charge in [-0.3, -0.25) is 0 Å². The maximum absolute atomic E-state index is 5.33. The summed E-state index contributed by atoms with van der Waals surface area (Å²) >= 11 is 0. The lowest BCUT2D eigenvalue weighted by molar-refractivity contribution is 1.07. The summed E-state index contributed by atoms with van der Waals surface area (Å²) in [5.41, 5.74) is 11.2. The first-order chi connectivity index (χ1) is 27.3. The summed E-state index contributed by atoms with van der Waals surface area (Å²) in [4.78, 5) is 15.7. The van der Waals surface area contributed by atoms with Gasteiger partial charge >= 0.3 is 0 Å². The normalized spacial score (nSPS) is 12.0. The summed E-state index contributed by atoms with van der Waals surface area (Å²) in [5.74, 6) is 1.90. The molecule has 0 bridgehead atoms. The van der Waals surface area contributed by atoms with Gasteiger partial charge in [0.2, 0.25) is 0 Å². The van der Waals surface area contributed by atoms with Gasteiger partial charge in [-0.25, -0.2) is 15.0 Å². The van der Waals surface area contributed by atoms with Gasteiger partial charge in [0.1, 0.15) is 0 Å². The number of aromatic nitrogens is 4. The average Bonchev–Trinajstić information content (AvgIpc) is 3.54. The van der Waals surface area contributed by atoms with Crippen LogP contribution in [-0.4, -0.2) is 19.5 Å². The highest BCUT2D eigenvalue weighted by Crippen LogP contribution is 2.50. The van der Waals surface area contributed by atoms with Gasteiger partial charge in [0.25, 0.3) is 0 Å². The summed E-state index contributed by atoms with van der Waals surface area (Å²) in [6, 6.07) is 65.1. The van der Waals surface area contributed by atoms with Crippen LogP contribution < -0.4 is 0 Å². The molecule has 0 fully saturated rings. The molecule has 0 radical (unpaired) electrons. The molecule has 4 heteroatoms. The minimum atomic E-state index is 0.628. The molecule has 2 heterocycles. The minimum Gasteiger partial charge on any atom is -0.308 e. The van der Waals surface area contributed by atoms with Crippen molar-refractivity contribution in [2.45, 2.75) is 0 Å². The van der Waals surface area contributed by atoms with Crippen molar-refractivity contribution in [3.8, 4) is 62.1 Å². The summed E-state index contributed by atoms with van der Waals surface area (Å²) in [6.45, 7) is 0. The molecule has 254 valence electrons. The highest BCUT2D eigenvalue weighted by atomic mass is 15.1. The fourth-order valence-electron chi connectivity index (χ4n) is 8.85. The molecule has 0 amide bonds. The van der Waals surface area contributed by atoms with Gasteiger partial charge in [-0.15, -0.1) is 0 Å². The predicted molar refractivity (Wildman–Crippen MR) is 227 cm³/mol. The molecule has 0 unspecified atom stereocenters. The van der Waals surface area contributed by atoms with Crippen molar-refractivity contribution in [1.29, 1.82) is 0 Å². The standard InChI is InChI=1S/C51H30N4/c1-2-13-33(14-3-1)49-52-50(37-25-24-31-12-4-5-15-34(31)28-37)54-51(53-49)42-29-35-16-6-7-17-36(35)30-45(42)55-43-23-11-22-41-39-20-9-8-19-38(39)40-21-10-18-32-26-27-44(55)48(46(32)40)47(41)43/h1-30H. The van der Waals surface area contributed by atoms with Crippen LogP contribution in [0.1, 0.15) is 0 Å². The molecule has 11 aromatic rings. The third-order valence-electron chi connectivity index (χ3n) is 11.3. The van der Waals surface area contributed by atoms with E-state index in [2.05, 4.69) is 168 Å². The van der Waals surface area contributed by atoms with Gasteiger partial charge in [-0.2, -0.15) is 0 Å². The van der Waals surface area contributed by atoms with E-state index < -0.39 is 0 Å². The highest BCUT2D eigenvalue weighted by Gasteiger charge is 2.26. The van der Waals surface area contributed by atoms with E-state index in [1.54, 1.807) is 0 Å². The zero-order chi connectivity index (χ0) is 36.0. The maximum Gasteiger partial charge on any atom is 0.166 e. The topological polar surface area (TPSA) is 43.6 Å². The Hall–Kier alpha value is -7.43. The molecule has 0 atom stereocenters. The Morgan fingerprint density at radius 3 is 1.62 bits per heavy atom. The van der Waals surface area contributed by atoms with E-state index in [9.17, 15) is 0 Å². The van der Waals surface area contributed by atoms with Crippen molar-refractivity contribution in [1.82, 2.24) is 19.5 Å². The van der Waals surface area contributed by atoms with E-state index >= 15 is 0 Å². The molecule has 1 aliphatic carbocycles. The van der Waals surface area contributed by atoms with Crippen molar-refractivity contribution in [3.63, 3.8) is 0 Å². The van der Waals surface area contributed by atoms with E-state index in [1.165, 1.54) is 49.2 Å². The van der Waals surface area contributed by atoms with E-state index in [-0.39, 0.29) is 0 Å². The van der Waals surface area contributed by atoms with Crippen molar-refractivity contribution >= 4 is 54.1 Å². The fraction of sp³-hybridized carbons (Fsp3) is 0. The first-order valence-electron chi connectivity index (χ1n) is 18.7. The third-order valence-corrected chi connectivity index (χ3v) is 11.3. The Kier molecular flexibility index (Phi) is 6.31. The molecule has 0 aliphatic heterocycles. The molecule has 0 saturated heterocycles. The van der Waals surface area contributed by atoms with E-state index in [4.69, 9.17) is 15.0 Å². The molecule has 0 saturated carbocycles. The lowest BCUT2D eigenvalue weighted by Gasteiger charge is -2.17. The van der Waals surface area contributed by atoms with Crippen LogP contribution in [-0.2, 0) is 0 Å². The molecule has 4 nitrogen and oxygen atoms in total. The average molecular weight is 699 g/mol. The predicted octanol–water partition coefficient (Wildman–Crippen LogP) is 13.1. The second-order valence-corrected chi connectivity index (χ2v) is 14.4. The van der Waals surface area contributed by atoms with Crippen LogP contribution >= 0.6 is 0 Å². The lowest BCUT2D eigenvalue weighted by atomic mass is 9.93. The molecule has 55 heavy (non-hydrogen) atoms. The van der Waals surface area contributed by atoms with Crippen LogP contribution in [0.2, 0.25) is 0 Å². The van der Waals surface area contributed by atoms with Crippen LogP contribution in [0.25, 0.3) is 116 Å². The number of hydrogen-bond donors (Lipinski definition) is 0. The van der Waals surface area contributed by atoms with Gasteiger partial charge in [0.05, 0.1) is 16.7 Å². The van der Waals surface area contributed by atoms with Gasteiger partial charge in [0, 0.05) is 27.5 Å². The first kappa shape index (κ1) is 30.1. The van der Waals surface area contributed by atoms with Gasteiger partial charge in [0.15, 0.2) is 17.5 Å². The molecule has 0 N–H and O–H groups in total. The summed E-state index contributed by atoms with van der Waals surface area (Å²) < 4.78 is 2.45. The van der Waals surface area contributed by atoms with Crippen molar-refractivity contribution < 1.29 is 0 Å². The first-order valence-corrected chi connectivity index (χ1v) is 18.7. The second kappa shape index (κ2) is 11.5.